The van der Waals surface area contributed by atoms with Crippen LogP contribution >= 0.6 is 0 Å². The van der Waals surface area contributed by atoms with E-state index in [1.807, 2.05) is 0 Å². The number of anilines is 4. The highest BCUT2D eigenvalue weighted by Gasteiger charge is 2.17. The normalized spacial score (nSPS) is 11.2. The molecule has 6 N–H and O–H groups in total. The highest BCUT2D eigenvalue weighted by atomic mass is 16.3. The maximum Gasteiger partial charge on any atom is 0.258 e. The second-order valence-electron chi connectivity index (χ2n) is 8.42. The molecule has 0 aliphatic carbocycles. The first-order chi connectivity index (χ1) is 18.5. The maximum atomic E-state index is 12.7. The summed E-state index contributed by atoms with van der Waals surface area (Å²) in [6.45, 7) is 2.12. The van der Waals surface area contributed by atoms with Crippen molar-refractivity contribution in [3.63, 3.8) is 0 Å². The number of amides is 1. The average Bonchev–Trinajstić information content (AvgIpc) is 3.60. The second kappa shape index (κ2) is 12.3. The molecule has 0 atom stereocenters. The van der Waals surface area contributed by atoms with Gasteiger partial charge in [0, 0.05) is 35.6 Å². The molecule has 4 rings (SSSR count). The molecule has 0 aliphatic heterocycles. The van der Waals surface area contributed by atoms with Crippen LogP contribution < -0.4 is 16.4 Å². The molecular formula is C27H29N9O2. The van der Waals surface area contributed by atoms with Gasteiger partial charge in [-0.25, -0.2) is 14.6 Å². The predicted molar refractivity (Wildman–Crippen MR) is 149 cm³/mol. The summed E-state index contributed by atoms with van der Waals surface area (Å²) >= 11 is 0. The van der Waals surface area contributed by atoms with Crippen LogP contribution in [0.2, 0.25) is 0 Å². The van der Waals surface area contributed by atoms with Gasteiger partial charge in [0.05, 0.1) is 17.3 Å². The van der Waals surface area contributed by atoms with E-state index < -0.39 is 5.91 Å². The number of hydrogen-bond donors (Lipinski definition) is 5. The van der Waals surface area contributed by atoms with Crippen LogP contribution in [0, 0.1) is 10.8 Å². The van der Waals surface area contributed by atoms with Crippen LogP contribution in [0.3, 0.4) is 0 Å². The maximum absolute atomic E-state index is 12.7. The van der Waals surface area contributed by atoms with Gasteiger partial charge < -0.3 is 31.6 Å². The van der Waals surface area contributed by atoms with Crippen LogP contribution in [-0.4, -0.2) is 38.1 Å². The Morgan fingerprint density at radius 1 is 1.21 bits per heavy atom. The molecule has 3 aromatic heterocycles. The minimum absolute atomic E-state index is 0.290. The van der Waals surface area contributed by atoms with E-state index in [9.17, 15) is 4.79 Å². The topological polar surface area (TPSA) is 172 Å². The highest BCUT2D eigenvalue weighted by molar-refractivity contribution is 6.16. The number of hydrogen-bond acceptors (Lipinski definition) is 9. The zero-order chi connectivity index (χ0) is 26.9. The van der Waals surface area contributed by atoms with E-state index in [0.29, 0.717) is 45.8 Å². The number of allylic oxidation sites excluding steroid dienone is 1. The molecule has 11 nitrogen and oxygen atoms in total. The first-order valence-corrected chi connectivity index (χ1v) is 12.2. The molecule has 0 bridgehead atoms. The summed E-state index contributed by atoms with van der Waals surface area (Å²) in [6, 6.07) is 10.4. The Morgan fingerprint density at radius 2 is 2.08 bits per heavy atom. The minimum atomic E-state index is -0.394. The van der Waals surface area contributed by atoms with E-state index in [0.717, 1.165) is 31.9 Å². The quantitative estimate of drug-likeness (QED) is 0.0739. The Labute approximate surface area is 219 Å². The lowest BCUT2D eigenvalue weighted by molar-refractivity contribution is -0.112. The summed E-state index contributed by atoms with van der Waals surface area (Å²) in [6.07, 6.45) is 12.6. The molecule has 3 heterocycles. The number of aromatic nitrogens is 4. The zero-order valence-electron chi connectivity index (χ0n) is 20.9. The first kappa shape index (κ1) is 26.0. The number of nitrogens with one attached hydrogen (secondary N) is 4. The van der Waals surface area contributed by atoms with Gasteiger partial charge in [0.25, 0.3) is 5.91 Å². The summed E-state index contributed by atoms with van der Waals surface area (Å²) in [5, 5.41) is 25.8. The van der Waals surface area contributed by atoms with Crippen molar-refractivity contribution in [1.82, 2.24) is 19.7 Å². The van der Waals surface area contributed by atoms with Crippen molar-refractivity contribution in [3.8, 4) is 17.3 Å². The third-order valence-corrected chi connectivity index (χ3v) is 5.68. The van der Waals surface area contributed by atoms with Crippen LogP contribution in [0.25, 0.3) is 17.3 Å². The first-order valence-electron chi connectivity index (χ1n) is 12.2. The lowest BCUT2D eigenvalue weighted by Gasteiger charge is -2.08. The number of oxazole rings is 1. The van der Waals surface area contributed by atoms with Crippen molar-refractivity contribution in [1.29, 1.82) is 10.8 Å². The number of nitrogen functional groups attached to an aromatic ring is 1. The van der Waals surface area contributed by atoms with E-state index in [-0.39, 0.29) is 5.57 Å². The number of nitrogens with zero attached hydrogens (tertiary/aromatic N) is 4. The number of rotatable bonds is 12. The lowest BCUT2D eigenvalue weighted by atomic mass is 10.1. The van der Waals surface area contributed by atoms with Gasteiger partial charge in [0.15, 0.2) is 11.6 Å². The van der Waals surface area contributed by atoms with E-state index >= 15 is 0 Å². The van der Waals surface area contributed by atoms with Gasteiger partial charge in [-0.15, -0.1) is 5.10 Å². The number of benzene rings is 1. The largest absolute Gasteiger partial charge is 0.444 e. The van der Waals surface area contributed by atoms with Gasteiger partial charge in [-0.05, 0) is 43.2 Å². The summed E-state index contributed by atoms with van der Waals surface area (Å²) in [5.74, 6) is 1.19. The van der Waals surface area contributed by atoms with Crippen LogP contribution in [0.15, 0.2) is 71.1 Å². The van der Waals surface area contributed by atoms with Crippen molar-refractivity contribution in [2.75, 3.05) is 16.4 Å². The summed E-state index contributed by atoms with van der Waals surface area (Å²) in [7, 11) is 0. The smallest absolute Gasteiger partial charge is 0.258 e. The average molecular weight is 512 g/mol. The summed E-state index contributed by atoms with van der Waals surface area (Å²) in [5.41, 5.74) is 8.53. The van der Waals surface area contributed by atoms with Crippen LogP contribution in [0.1, 0.15) is 38.2 Å². The second-order valence-corrected chi connectivity index (χ2v) is 8.42. The van der Waals surface area contributed by atoms with Crippen molar-refractivity contribution in [2.45, 2.75) is 32.6 Å². The molecule has 0 fully saturated rings. The van der Waals surface area contributed by atoms with Gasteiger partial charge in [0.1, 0.15) is 12.1 Å². The Morgan fingerprint density at radius 3 is 2.82 bits per heavy atom. The van der Waals surface area contributed by atoms with E-state index in [2.05, 4.69) is 32.6 Å². The fourth-order valence-corrected chi connectivity index (χ4v) is 3.69. The molecule has 11 heteroatoms. The fourth-order valence-electron chi connectivity index (χ4n) is 3.69. The van der Waals surface area contributed by atoms with Crippen molar-refractivity contribution >= 4 is 41.3 Å². The monoisotopic (exact) mass is 511 g/mol. The summed E-state index contributed by atoms with van der Waals surface area (Å²) in [4.78, 5) is 21.5. The highest BCUT2D eigenvalue weighted by Crippen LogP contribution is 2.30. The molecule has 0 unspecified atom stereocenters. The SMILES string of the molecule is CCCCC/C=C(\C=N)C(=O)Nc1cccc(-n2cc(-c3ncco3)c(Nc3ccc(N)c(C=N)c3)n2)n1. The van der Waals surface area contributed by atoms with Crippen LogP contribution in [0.5, 0.6) is 0 Å². The molecule has 4 aromatic rings. The Bertz CT molecular complexity index is 1460. The number of carbonyl (C=O) groups is 1. The number of pyridine rings is 1. The van der Waals surface area contributed by atoms with Gasteiger partial charge >= 0.3 is 0 Å². The zero-order valence-corrected chi connectivity index (χ0v) is 20.9. The molecule has 38 heavy (non-hydrogen) atoms. The van der Waals surface area contributed by atoms with Crippen molar-refractivity contribution < 1.29 is 9.21 Å². The minimum Gasteiger partial charge on any atom is -0.444 e. The molecule has 1 amide bonds. The lowest BCUT2D eigenvalue weighted by Crippen LogP contribution is -2.16. The number of carbonyl (C=O) groups excluding carboxylic acids is 1. The van der Waals surface area contributed by atoms with E-state index in [4.69, 9.17) is 21.0 Å². The van der Waals surface area contributed by atoms with Gasteiger partial charge in [-0.3, -0.25) is 4.79 Å². The Hall–Kier alpha value is -5.06. The van der Waals surface area contributed by atoms with Gasteiger partial charge in [0.2, 0.25) is 5.89 Å². The Balaban J connectivity index is 1.60. The number of nitrogens with two attached hydrogens (primary N) is 1. The molecule has 194 valence electrons. The summed E-state index contributed by atoms with van der Waals surface area (Å²) < 4.78 is 7.05. The van der Waals surface area contributed by atoms with Gasteiger partial charge in [-0.1, -0.05) is 31.9 Å². The fraction of sp³-hybridized carbons (Fsp3) is 0.185. The van der Waals surface area contributed by atoms with Crippen LogP contribution in [-0.2, 0) is 4.79 Å². The third kappa shape index (κ3) is 6.19. The van der Waals surface area contributed by atoms with Gasteiger partial charge in [-0.2, -0.15) is 0 Å². The van der Waals surface area contributed by atoms with E-state index in [1.165, 1.54) is 18.7 Å². The molecular weight excluding hydrogens is 482 g/mol. The van der Waals surface area contributed by atoms with E-state index in [1.54, 1.807) is 53.4 Å². The number of unbranched alkanes of at least 4 members (excludes halogenated alkanes) is 3. The molecule has 1 aromatic carbocycles. The molecule has 0 spiro atoms. The molecule has 0 saturated carbocycles. The van der Waals surface area contributed by atoms with Crippen LogP contribution in [0.4, 0.5) is 23.0 Å². The van der Waals surface area contributed by atoms with Crippen molar-refractivity contribution in [3.05, 3.63) is 72.3 Å². The van der Waals surface area contributed by atoms with Crippen molar-refractivity contribution in [2.24, 2.45) is 0 Å². The molecule has 0 radical (unpaired) electrons. The standard InChI is InChI=1S/C27H29N9O2/c1-2-3-4-5-7-18(15-28)26(37)34-23-8-6-9-24(33-23)36-17-21(27-31-12-13-38-27)25(35-36)32-20-10-11-22(30)19(14-20)16-29/h6-17,28-29H,2-5,30H2,1H3,(H,32,35)(H,33,34,37)/b18-7+,28-15?,29-16?. The predicted octanol–water partition coefficient (Wildman–Crippen LogP) is 5.34. The molecule has 0 aliphatic rings. The Kier molecular flexibility index (Phi) is 8.39. The molecule has 0 saturated heterocycles. The third-order valence-electron chi connectivity index (χ3n) is 5.68.